The Morgan fingerprint density at radius 2 is 2.05 bits per heavy atom. The lowest BCUT2D eigenvalue weighted by Gasteiger charge is -2.11. The van der Waals surface area contributed by atoms with Gasteiger partial charge in [-0.25, -0.2) is 0 Å². The van der Waals surface area contributed by atoms with Crippen LogP contribution in [0.4, 0.5) is 0 Å². The van der Waals surface area contributed by atoms with Crippen molar-refractivity contribution in [1.82, 2.24) is 4.57 Å². The molecule has 0 atom stereocenters. The van der Waals surface area contributed by atoms with Gasteiger partial charge in [0, 0.05) is 22.8 Å². The fourth-order valence-corrected chi connectivity index (χ4v) is 2.53. The number of rotatable bonds is 4. The van der Waals surface area contributed by atoms with Gasteiger partial charge in [-0.3, -0.25) is 4.79 Å². The quantitative estimate of drug-likeness (QED) is 0.911. The monoisotopic (exact) mass is 276 g/mol. The summed E-state index contributed by atoms with van der Waals surface area (Å²) in [5.74, 6) is -0.402. The Morgan fingerprint density at radius 1 is 1.37 bits per heavy atom. The molecule has 0 spiro atoms. The molecule has 2 rings (SSSR count). The smallest absolute Gasteiger partial charge is 0.250 e. The van der Waals surface area contributed by atoms with Crippen molar-refractivity contribution in [2.45, 2.75) is 26.8 Å². The lowest BCUT2D eigenvalue weighted by Crippen LogP contribution is -2.12. The molecule has 0 unspecified atom stereocenters. The second-order valence-corrected chi connectivity index (χ2v) is 4.93. The van der Waals surface area contributed by atoms with Gasteiger partial charge >= 0.3 is 0 Å². The first-order valence-corrected chi connectivity index (χ1v) is 6.68. The van der Waals surface area contributed by atoms with Gasteiger partial charge < -0.3 is 10.3 Å². The van der Waals surface area contributed by atoms with Crippen molar-refractivity contribution in [1.29, 1.82) is 0 Å². The van der Waals surface area contributed by atoms with Crippen LogP contribution in [-0.4, -0.2) is 10.5 Å². The van der Waals surface area contributed by atoms with Crippen molar-refractivity contribution in [2.24, 2.45) is 5.73 Å². The van der Waals surface area contributed by atoms with Gasteiger partial charge in [-0.05, 0) is 25.5 Å². The molecule has 0 saturated heterocycles. The summed E-state index contributed by atoms with van der Waals surface area (Å²) in [6.45, 7) is 4.84. The number of primary amides is 1. The van der Waals surface area contributed by atoms with Crippen LogP contribution in [0.2, 0.25) is 5.02 Å². The van der Waals surface area contributed by atoms with Gasteiger partial charge in [0.2, 0.25) is 0 Å². The summed E-state index contributed by atoms with van der Waals surface area (Å²) in [5, 5.41) is 0.674. The molecule has 2 N–H and O–H groups in total. The maximum Gasteiger partial charge on any atom is 0.250 e. The second kappa shape index (κ2) is 5.49. The van der Waals surface area contributed by atoms with Crippen molar-refractivity contribution >= 4 is 17.5 Å². The Bertz CT molecular complexity index is 617. The Balaban J connectivity index is 2.65. The van der Waals surface area contributed by atoms with Crippen LogP contribution in [0.3, 0.4) is 0 Å². The molecule has 0 aliphatic carbocycles. The molecule has 3 nitrogen and oxygen atoms in total. The highest BCUT2D eigenvalue weighted by atomic mass is 35.5. The topological polar surface area (TPSA) is 48.0 Å². The number of carbonyl (C=O) groups is 1. The first-order chi connectivity index (χ1) is 9.06. The molecule has 1 aromatic heterocycles. The number of aromatic nitrogens is 1. The Kier molecular flexibility index (Phi) is 3.96. The van der Waals surface area contributed by atoms with Gasteiger partial charge in [0.1, 0.15) is 0 Å². The van der Waals surface area contributed by atoms with E-state index in [1.165, 1.54) is 0 Å². The fraction of sp³-hybridized carbons (Fsp3) is 0.267. The fourth-order valence-electron chi connectivity index (χ4n) is 2.30. The molecule has 100 valence electrons. The van der Waals surface area contributed by atoms with Crippen molar-refractivity contribution in [2.75, 3.05) is 0 Å². The molecule has 1 heterocycles. The molecule has 19 heavy (non-hydrogen) atoms. The third-order valence-electron chi connectivity index (χ3n) is 3.23. The summed E-state index contributed by atoms with van der Waals surface area (Å²) in [6.07, 6.45) is 0.977. The van der Waals surface area contributed by atoms with E-state index in [9.17, 15) is 4.79 Å². The summed E-state index contributed by atoms with van der Waals surface area (Å²) < 4.78 is 2.10. The van der Waals surface area contributed by atoms with E-state index in [0.29, 0.717) is 10.6 Å². The third kappa shape index (κ3) is 2.51. The van der Waals surface area contributed by atoms with Crippen molar-refractivity contribution in [3.63, 3.8) is 0 Å². The first kappa shape index (κ1) is 13.7. The van der Waals surface area contributed by atoms with Gasteiger partial charge in [-0.15, -0.1) is 0 Å². The minimum Gasteiger partial charge on any atom is -0.366 e. The number of carbonyl (C=O) groups excluding carboxylic acids is 1. The van der Waals surface area contributed by atoms with E-state index in [1.54, 1.807) is 0 Å². The number of amides is 1. The zero-order valence-corrected chi connectivity index (χ0v) is 11.9. The molecule has 0 aliphatic heterocycles. The van der Waals surface area contributed by atoms with Crippen molar-refractivity contribution in [3.8, 4) is 11.3 Å². The first-order valence-electron chi connectivity index (χ1n) is 6.31. The highest BCUT2D eigenvalue weighted by Gasteiger charge is 2.17. The van der Waals surface area contributed by atoms with Gasteiger partial charge in [0.05, 0.1) is 11.3 Å². The third-order valence-corrected chi connectivity index (χ3v) is 3.56. The van der Waals surface area contributed by atoms with Gasteiger partial charge in [-0.2, -0.15) is 0 Å². The number of halogens is 1. The maximum absolute atomic E-state index is 11.5. The van der Waals surface area contributed by atoms with Crippen LogP contribution in [-0.2, 0) is 6.54 Å². The molecule has 2 aromatic rings. The molecule has 0 fully saturated rings. The van der Waals surface area contributed by atoms with E-state index in [1.807, 2.05) is 37.3 Å². The number of hydrogen-bond acceptors (Lipinski definition) is 1. The molecular weight excluding hydrogens is 260 g/mol. The number of benzene rings is 1. The molecule has 0 radical (unpaired) electrons. The lowest BCUT2D eigenvalue weighted by molar-refractivity contribution is 0.0999. The average Bonchev–Trinajstić information content (AvgIpc) is 2.69. The Labute approximate surface area is 118 Å². The zero-order chi connectivity index (χ0) is 14.0. The van der Waals surface area contributed by atoms with Crippen LogP contribution in [0.15, 0.2) is 30.3 Å². The summed E-state index contributed by atoms with van der Waals surface area (Å²) in [7, 11) is 0. The summed E-state index contributed by atoms with van der Waals surface area (Å²) in [5.41, 5.74) is 8.74. The molecule has 0 saturated carbocycles. The highest BCUT2D eigenvalue weighted by molar-refractivity contribution is 6.33. The molecule has 1 aromatic carbocycles. The summed E-state index contributed by atoms with van der Waals surface area (Å²) in [6, 6.07) is 9.45. The van der Waals surface area contributed by atoms with E-state index in [-0.39, 0.29) is 0 Å². The van der Waals surface area contributed by atoms with E-state index >= 15 is 0 Å². The Morgan fingerprint density at radius 3 is 2.63 bits per heavy atom. The van der Waals surface area contributed by atoms with Gasteiger partial charge in [0.15, 0.2) is 0 Å². The van der Waals surface area contributed by atoms with Crippen LogP contribution >= 0.6 is 11.6 Å². The number of hydrogen-bond donors (Lipinski definition) is 1. The molecule has 4 heteroatoms. The standard InChI is InChI=1S/C15H17ClN2O/c1-3-8-18-10(2)12(15(17)19)9-14(18)11-6-4-5-7-13(11)16/h4-7,9H,3,8H2,1-2H3,(H2,17,19). The Hall–Kier alpha value is -1.74. The summed E-state index contributed by atoms with van der Waals surface area (Å²) >= 11 is 6.24. The predicted molar refractivity (Wildman–Crippen MR) is 78.4 cm³/mol. The highest BCUT2D eigenvalue weighted by Crippen LogP contribution is 2.31. The molecule has 1 amide bonds. The normalized spacial score (nSPS) is 10.7. The lowest BCUT2D eigenvalue weighted by atomic mass is 10.1. The zero-order valence-electron chi connectivity index (χ0n) is 11.1. The van der Waals surface area contributed by atoms with Gasteiger partial charge in [0.25, 0.3) is 5.91 Å². The van der Waals surface area contributed by atoms with E-state index in [0.717, 1.165) is 29.9 Å². The molecule has 0 aliphatic rings. The predicted octanol–water partition coefficient (Wildman–Crippen LogP) is 3.63. The average molecular weight is 277 g/mol. The van der Waals surface area contributed by atoms with Crippen molar-refractivity contribution < 1.29 is 4.79 Å². The number of nitrogens with two attached hydrogens (primary N) is 1. The van der Waals surface area contributed by atoms with E-state index < -0.39 is 5.91 Å². The van der Waals surface area contributed by atoms with Crippen LogP contribution in [0, 0.1) is 6.92 Å². The van der Waals surface area contributed by atoms with E-state index in [2.05, 4.69) is 11.5 Å². The largest absolute Gasteiger partial charge is 0.366 e. The van der Waals surface area contributed by atoms with Crippen LogP contribution in [0.1, 0.15) is 29.4 Å². The maximum atomic E-state index is 11.5. The minimum atomic E-state index is -0.402. The van der Waals surface area contributed by atoms with E-state index in [4.69, 9.17) is 17.3 Å². The molecular formula is C15H17ClN2O. The van der Waals surface area contributed by atoms with Gasteiger partial charge in [-0.1, -0.05) is 36.7 Å². The second-order valence-electron chi connectivity index (χ2n) is 4.52. The minimum absolute atomic E-state index is 0.402. The SMILES string of the molecule is CCCn1c(-c2ccccc2Cl)cc(C(N)=O)c1C. The summed E-state index contributed by atoms with van der Waals surface area (Å²) in [4.78, 5) is 11.5. The number of nitrogens with zero attached hydrogens (tertiary/aromatic N) is 1. The molecule has 0 bridgehead atoms. The van der Waals surface area contributed by atoms with Crippen molar-refractivity contribution in [3.05, 3.63) is 46.6 Å². The van der Waals surface area contributed by atoms with Crippen LogP contribution in [0.25, 0.3) is 11.3 Å². The van der Waals surface area contributed by atoms with Crippen LogP contribution in [0.5, 0.6) is 0 Å². The van der Waals surface area contributed by atoms with Crippen LogP contribution < -0.4 is 5.73 Å².